The highest BCUT2D eigenvalue weighted by Crippen LogP contribution is 2.40. The molecular formula is C29H21Cl2NO3S2. The SMILES string of the molecule is CCOc1cc(/C=C2\SC(=S)N(c3ccc(Cl)cc3Cl)C2=O)ccc1OCc1cccc2ccccc12. The summed E-state index contributed by atoms with van der Waals surface area (Å²) in [6.07, 6.45) is 1.79. The molecule has 0 bridgehead atoms. The van der Waals surface area contributed by atoms with Gasteiger partial charge < -0.3 is 9.47 Å². The molecule has 0 saturated carbocycles. The number of benzene rings is 4. The molecule has 4 aromatic carbocycles. The third-order valence-corrected chi connectivity index (χ3v) is 7.61. The predicted octanol–water partition coefficient (Wildman–Crippen LogP) is 8.53. The summed E-state index contributed by atoms with van der Waals surface area (Å²) < 4.78 is 12.4. The Hall–Kier alpha value is -3.03. The summed E-state index contributed by atoms with van der Waals surface area (Å²) in [5, 5.41) is 3.17. The summed E-state index contributed by atoms with van der Waals surface area (Å²) >= 11 is 19.0. The third-order valence-electron chi connectivity index (χ3n) is 5.77. The van der Waals surface area contributed by atoms with Crippen LogP contribution in [0.4, 0.5) is 5.69 Å². The van der Waals surface area contributed by atoms with E-state index in [0.29, 0.717) is 49.7 Å². The van der Waals surface area contributed by atoms with Gasteiger partial charge in [-0.1, -0.05) is 95.7 Å². The van der Waals surface area contributed by atoms with Gasteiger partial charge in [-0.25, -0.2) is 0 Å². The molecule has 4 aromatic rings. The van der Waals surface area contributed by atoms with Crippen molar-refractivity contribution in [3.8, 4) is 11.5 Å². The van der Waals surface area contributed by atoms with Crippen LogP contribution >= 0.6 is 47.2 Å². The minimum atomic E-state index is -0.242. The van der Waals surface area contributed by atoms with Crippen LogP contribution in [0.15, 0.2) is 83.8 Å². The van der Waals surface area contributed by atoms with Gasteiger partial charge in [0, 0.05) is 5.02 Å². The number of carbonyl (C=O) groups is 1. The van der Waals surface area contributed by atoms with Crippen molar-refractivity contribution in [2.24, 2.45) is 0 Å². The number of fused-ring (bicyclic) bond motifs is 1. The molecule has 0 N–H and O–H groups in total. The first-order valence-corrected chi connectivity index (χ1v) is 13.5. The average molecular weight is 567 g/mol. The van der Waals surface area contributed by atoms with Crippen molar-refractivity contribution in [3.63, 3.8) is 0 Å². The van der Waals surface area contributed by atoms with Crippen molar-refractivity contribution in [2.45, 2.75) is 13.5 Å². The lowest BCUT2D eigenvalue weighted by Gasteiger charge is -2.16. The maximum absolute atomic E-state index is 13.2. The summed E-state index contributed by atoms with van der Waals surface area (Å²) in [6, 6.07) is 25.0. The molecule has 1 fully saturated rings. The highest BCUT2D eigenvalue weighted by molar-refractivity contribution is 8.27. The molecule has 0 spiro atoms. The molecule has 1 saturated heterocycles. The largest absolute Gasteiger partial charge is 0.490 e. The normalized spacial score (nSPS) is 14.6. The van der Waals surface area contributed by atoms with E-state index in [2.05, 4.69) is 24.3 Å². The van der Waals surface area contributed by atoms with Crippen LogP contribution in [-0.4, -0.2) is 16.8 Å². The standard InChI is InChI=1S/C29H21Cl2NO3S2/c1-2-34-26-14-18(10-13-25(26)35-17-20-8-5-7-19-6-3-4-9-22(19)20)15-27-28(33)32(29(36)37-27)24-12-11-21(30)16-23(24)31/h3-16H,2,17H2,1H3/b27-15-. The van der Waals surface area contributed by atoms with Gasteiger partial charge in [0.05, 0.1) is 22.2 Å². The van der Waals surface area contributed by atoms with E-state index >= 15 is 0 Å². The van der Waals surface area contributed by atoms with Crippen LogP contribution in [0.25, 0.3) is 16.8 Å². The molecule has 8 heteroatoms. The van der Waals surface area contributed by atoms with Crippen LogP contribution in [0, 0.1) is 0 Å². The summed E-state index contributed by atoms with van der Waals surface area (Å²) in [7, 11) is 0. The van der Waals surface area contributed by atoms with E-state index < -0.39 is 0 Å². The van der Waals surface area contributed by atoms with Gasteiger partial charge in [0.1, 0.15) is 6.61 Å². The molecule has 0 radical (unpaired) electrons. The van der Waals surface area contributed by atoms with E-state index in [1.165, 1.54) is 22.0 Å². The molecule has 0 aliphatic carbocycles. The van der Waals surface area contributed by atoms with Crippen LogP contribution in [0.2, 0.25) is 10.0 Å². The first kappa shape index (κ1) is 25.6. The number of anilines is 1. The van der Waals surface area contributed by atoms with Crippen LogP contribution < -0.4 is 14.4 Å². The summed E-state index contributed by atoms with van der Waals surface area (Å²) in [4.78, 5) is 15.1. The van der Waals surface area contributed by atoms with Crippen molar-refractivity contribution in [3.05, 3.63) is 105 Å². The Kier molecular flexibility index (Phi) is 7.72. The highest BCUT2D eigenvalue weighted by atomic mass is 35.5. The summed E-state index contributed by atoms with van der Waals surface area (Å²) in [5.74, 6) is 0.994. The molecule has 186 valence electrons. The van der Waals surface area contributed by atoms with Gasteiger partial charge in [0.15, 0.2) is 15.8 Å². The van der Waals surface area contributed by atoms with Gasteiger partial charge in [0.25, 0.3) is 5.91 Å². The zero-order valence-corrected chi connectivity index (χ0v) is 22.9. The Morgan fingerprint density at radius 2 is 1.76 bits per heavy atom. The minimum absolute atomic E-state index is 0.242. The van der Waals surface area contributed by atoms with Crippen LogP contribution in [0.5, 0.6) is 11.5 Å². The predicted molar refractivity (Wildman–Crippen MR) is 158 cm³/mol. The molecule has 1 amide bonds. The number of hydrogen-bond donors (Lipinski definition) is 0. The fourth-order valence-electron chi connectivity index (χ4n) is 4.07. The van der Waals surface area contributed by atoms with Gasteiger partial charge in [-0.2, -0.15) is 0 Å². The highest BCUT2D eigenvalue weighted by Gasteiger charge is 2.34. The monoisotopic (exact) mass is 565 g/mol. The lowest BCUT2D eigenvalue weighted by molar-refractivity contribution is -0.113. The van der Waals surface area contributed by atoms with Crippen LogP contribution in [0.3, 0.4) is 0 Å². The van der Waals surface area contributed by atoms with E-state index in [4.69, 9.17) is 44.9 Å². The van der Waals surface area contributed by atoms with Gasteiger partial charge in [-0.3, -0.25) is 9.69 Å². The zero-order valence-electron chi connectivity index (χ0n) is 19.7. The first-order valence-electron chi connectivity index (χ1n) is 11.5. The van der Waals surface area contributed by atoms with E-state index in [-0.39, 0.29) is 5.91 Å². The molecule has 1 aliphatic heterocycles. The smallest absolute Gasteiger partial charge is 0.270 e. The molecular weight excluding hydrogens is 545 g/mol. The summed E-state index contributed by atoms with van der Waals surface area (Å²) in [5.41, 5.74) is 2.39. The number of amides is 1. The Bertz CT molecular complexity index is 1550. The number of thiocarbonyl (C=S) groups is 1. The number of nitrogens with zero attached hydrogens (tertiary/aromatic N) is 1. The zero-order chi connectivity index (χ0) is 25.9. The van der Waals surface area contributed by atoms with Crippen molar-refractivity contribution >= 4 is 79.9 Å². The number of hydrogen-bond acceptors (Lipinski definition) is 5. The Morgan fingerprint density at radius 3 is 2.57 bits per heavy atom. The number of carbonyl (C=O) groups excluding carboxylic acids is 1. The Balaban J connectivity index is 1.39. The molecule has 0 atom stereocenters. The topological polar surface area (TPSA) is 38.8 Å². The second-order valence-electron chi connectivity index (χ2n) is 8.18. The van der Waals surface area contributed by atoms with Gasteiger partial charge in [-0.15, -0.1) is 0 Å². The lowest BCUT2D eigenvalue weighted by atomic mass is 10.1. The minimum Gasteiger partial charge on any atom is -0.490 e. The van der Waals surface area contributed by atoms with Crippen molar-refractivity contribution < 1.29 is 14.3 Å². The third kappa shape index (κ3) is 5.48. The second kappa shape index (κ2) is 11.2. The van der Waals surface area contributed by atoms with Gasteiger partial charge >= 0.3 is 0 Å². The number of halogens is 2. The van der Waals surface area contributed by atoms with E-state index in [9.17, 15) is 4.79 Å². The number of rotatable bonds is 7. The fourth-order valence-corrected chi connectivity index (χ4v) is 5.84. The molecule has 37 heavy (non-hydrogen) atoms. The Labute approximate surface area is 234 Å². The molecule has 0 unspecified atom stereocenters. The molecule has 1 heterocycles. The fraction of sp³-hybridized carbons (Fsp3) is 0.103. The van der Waals surface area contributed by atoms with Crippen molar-refractivity contribution in [2.75, 3.05) is 11.5 Å². The van der Waals surface area contributed by atoms with Gasteiger partial charge in [-0.05, 0) is 65.2 Å². The average Bonchev–Trinajstić information content (AvgIpc) is 3.16. The molecule has 1 aliphatic rings. The maximum atomic E-state index is 13.2. The maximum Gasteiger partial charge on any atom is 0.270 e. The first-order chi connectivity index (χ1) is 17.9. The van der Waals surface area contributed by atoms with Crippen molar-refractivity contribution in [1.82, 2.24) is 0 Å². The molecule has 4 nitrogen and oxygen atoms in total. The van der Waals surface area contributed by atoms with Crippen LogP contribution in [0.1, 0.15) is 18.1 Å². The van der Waals surface area contributed by atoms with E-state index in [1.807, 2.05) is 43.3 Å². The van der Waals surface area contributed by atoms with E-state index in [0.717, 1.165) is 16.5 Å². The number of thioether (sulfide) groups is 1. The Morgan fingerprint density at radius 1 is 0.946 bits per heavy atom. The lowest BCUT2D eigenvalue weighted by Crippen LogP contribution is -2.27. The molecule has 5 rings (SSSR count). The summed E-state index contributed by atoms with van der Waals surface area (Å²) in [6.45, 7) is 2.80. The molecule has 0 aromatic heterocycles. The van der Waals surface area contributed by atoms with Gasteiger partial charge in [0.2, 0.25) is 0 Å². The van der Waals surface area contributed by atoms with Crippen LogP contribution in [-0.2, 0) is 11.4 Å². The second-order valence-corrected chi connectivity index (χ2v) is 10.7. The number of ether oxygens (including phenoxy) is 2. The van der Waals surface area contributed by atoms with E-state index in [1.54, 1.807) is 24.3 Å². The van der Waals surface area contributed by atoms with Crippen molar-refractivity contribution in [1.29, 1.82) is 0 Å². The quantitative estimate of drug-likeness (QED) is 0.166.